The second-order valence-electron chi connectivity index (χ2n) is 5.46. The van der Waals surface area contributed by atoms with Crippen molar-refractivity contribution in [3.63, 3.8) is 0 Å². The highest BCUT2D eigenvalue weighted by Gasteiger charge is 2.35. The van der Waals surface area contributed by atoms with Gasteiger partial charge in [-0.15, -0.1) is 0 Å². The lowest BCUT2D eigenvalue weighted by molar-refractivity contribution is -0.384. The van der Waals surface area contributed by atoms with Gasteiger partial charge in [-0.25, -0.2) is 0 Å². The first-order valence-corrected chi connectivity index (χ1v) is 7.13. The third-order valence-corrected chi connectivity index (χ3v) is 4.12. The monoisotopic (exact) mass is 290 g/mol. The van der Waals surface area contributed by atoms with Crippen LogP contribution in [0.25, 0.3) is 0 Å². The van der Waals surface area contributed by atoms with Crippen LogP contribution < -0.4 is 5.32 Å². The van der Waals surface area contributed by atoms with Crippen molar-refractivity contribution in [2.45, 2.75) is 6.04 Å². The Kier molecular flexibility index (Phi) is 3.85. The standard InChI is InChI=1S/C14H18N4O3/c19-14(11-2-1-3-12(8-11)18(20)21)17-9-13(10-17)16-6-4-15-5-7-16/h1-3,8,13,15H,4-7,9-10H2. The van der Waals surface area contributed by atoms with Crippen molar-refractivity contribution in [1.29, 1.82) is 0 Å². The van der Waals surface area contributed by atoms with Gasteiger partial charge in [0.05, 0.1) is 4.92 Å². The molecule has 2 saturated heterocycles. The molecule has 1 N–H and O–H groups in total. The number of rotatable bonds is 3. The summed E-state index contributed by atoms with van der Waals surface area (Å²) in [6, 6.07) is 6.36. The van der Waals surface area contributed by atoms with Crippen molar-refractivity contribution in [3.8, 4) is 0 Å². The van der Waals surface area contributed by atoms with Gasteiger partial charge in [0.2, 0.25) is 0 Å². The molecule has 0 bridgehead atoms. The zero-order valence-electron chi connectivity index (χ0n) is 11.7. The van der Waals surface area contributed by atoms with Crippen molar-refractivity contribution in [1.82, 2.24) is 15.1 Å². The van der Waals surface area contributed by atoms with E-state index in [0.717, 1.165) is 26.2 Å². The minimum Gasteiger partial charge on any atom is -0.335 e. The van der Waals surface area contributed by atoms with Gasteiger partial charge >= 0.3 is 0 Å². The fourth-order valence-corrected chi connectivity index (χ4v) is 2.83. The Labute approximate surface area is 122 Å². The van der Waals surface area contributed by atoms with E-state index in [1.165, 1.54) is 12.1 Å². The van der Waals surface area contributed by atoms with E-state index in [2.05, 4.69) is 10.2 Å². The number of nitrogens with one attached hydrogen (secondary N) is 1. The van der Waals surface area contributed by atoms with E-state index in [4.69, 9.17) is 0 Å². The van der Waals surface area contributed by atoms with Crippen LogP contribution in [0.5, 0.6) is 0 Å². The maximum atomic E-state index is 12.3. The second kappa shape index (κ2) is 5.79. The maximum absolute atomic E-state index is 12.3. The third-order valence-electron chi connectivity index (χ3n) is 4.12. The molecule has 0 radical (unpaired) electrons. The van der Waals surface area contributed by atoms with Crippen LogP contribution in [-0.4, -0.2) is 65.9 Å². The maximum Gasteiger partial charge on any atom is 0.270 e. The number of carbonyl (C=O) groups excluding carboxylic acids is 1. The second-order valence-corrected chi connectivity index (χ2v) is 5.46. The molecule has 0 unspecified atom stereocenters. The predicted octanol–water partition coefficient (Wildman–Crippen LogP) is 0.324. The number of hydrogen-bond donors (Lipinski definition) is 1. The van der Waals surface area contributed by atoms with Crippen LogP contribution in [0.2, 0.25) is 0 Å². The van der Waals surface area contributed by atoms with Gasteiger partial charge in [-0.05, 0) is 6.07 Å². The summed E-state index contributed by atoms with van der Waals surface area (Å²) < 4.78 is 0. The summed E-state index contributed by atoms with van der Waals surface area (Å²) in [6.07, 6.45) is 0. The van der Waals surface area contributed by atoms with Crippen molar-refractivity contribution in [2.75, 3.05) is 39.3 Å². The number of nitrogens with zero attached hydrogens (tertiary/aromatic N) is 3. The van der Waals surface area contributed by atoms with Gasteiger partial charge in [0, 0.05) is 63.0 Å². The summed E-state index contributed by atoms with van der Waals surface area (Å²) in [6.45, 7) is 5.45. The molecule has 2 fully saturated rings. The number of nitro benzene ring substituents is 1. The largest absolute Gasteiger partial charge is 0.335 e. The molecule has 7 heteroatoms. The Morgan fingerprint density at radius 1 is 1.29 bits per heavy atom. The first kappa shape index (κ1) is 14.0. The van der Waals surface area contributed by atoms with E-state index in [9.17, 15) is 14.9 Å². The number of piperazine rings is 1. The van der Waals surface area contributed by atoms with Crippen LogP contribution >= 0.6 is 0 Å². The molecular weight excluding hydrogens is 272 g/mol. The fourth-order valence-electron chi connectivity index (χ4n) is 2.83. The molecule has 0 saturated carbocycles. The van der Waals surface area contributed by atoms with Crippen molar-refractivity contribution < 1.29 is 9.72 Å². The van der Waals surface area contributed by atoms with Gasteiger partial charge in [-0.3, -0.25) is 19.8 Å². The van der Waals surface area contributed by atoms with Crippen LogP contribution in [0.1, 0.15) is 10.4 Å². The molecule has 21 heavy (non-hydrogen) atoms. The minimum atomic E-state index is -0.476. The van der Waals surface area contributed by atoms with E-state index in [1.54, 1.807) is 17.0 Å². The molecule has 0 aromatic heterocycles. The highest BCUT2D eigenvalue weighted by molar-refractivity contribution is 5.95. The average Bonchev–Trinajstić information content (AvgIpc) is 2.47. The fraction of sp³-hybridized carbons (Fsp3) is 0.500. The molecule has 2 aliphatic heterocycles. The molecule has 2 aliphatic rings. The van der Waals surface area contributed by atoms with Gasteiger partial charge < -0.3 is 10.2 Å². The third kappa shape index (κ3) is 2.88. The van der Waals surface area contributed by atoms with Crippen LogP contribution in [0.15, 0.2) is 24.3 Å². The van der Waals surface area contributed by atoms with Crippen LogP contribution in [0.4, 0.5) is 5.69 Å². The Balaban J connectivity index is 1.60. The van der Waals surface area contributed by atoms with Gasteiger partial charge in [-0.2, -0.15) is 0 Å². The van der Waals surface area contributed by atoms with Crippen LogP contribution in [0.3, 0.4) is 0 Å². The molecule has 112 valence electrons. The lowest BCUT2D eigenvalue weighted by atomic mass is 10.0. The Morgan fingerprint density at radius 3 is 2.67 bits per heavy atom. The van der Waals surface area contributed by atoms with Crippen molar-refractivity contribution in [3.05, 3.63) is 39.9 Å². The normalized spacial score (nSPS) is 20.1. The Hall–Kier alpha value is -1.99. The van der Waals surface area contributed by atoms with Crippen molar-refractivity contribution in [2.24, 2.45) is 0 Å². The smallest absolute Gasteiger partial charge is 0.270 e. The zero-order chi connectivity index (χ0) is 14.8. The number of amides is 1. The molecule has 0 atom stereocenters. The SMILES string of the molecule is O=C(c1cccc([N+](=O)[O-])c1)N1CC(N2CCNCC2)C1. The van der Waals surface area contributed by atoms with E-state index < -0.39 is 4.92 Å². The molecule has 1 aromatic carbocycles. The van der Waals surface area contributed by atoms with Gasteiger partial charge in [0.25, 0.3) is 11.6 Å². The molecule has 1 amide bonds. The summed E-state index contributed by atoms with van der Waals surface area (Å²) in [5.74, 6) is -0.120. The topological polar surface area (TPSA) is 78.7 Å². The molecule has 7 nitrogen and oxygen atoms in total. The summed E-state index contributed by atoms with van der Waals surface area (Å²) >= 11 is 0. The Morgan fingerprint density at radius 2 is 2.00 bits per heavy atom. The number of hydrogen-bond acceptors (Lipinski definition) is 5. The summed E-state index contributed by atoms with van der Waals surface area (Å²) in [7, 11) is 0. The minimum absolute atomic E-state index is 0.0416. The number of carbonyl (C=O) groups is 1. The van der Waals surface area contributed by atoms with E-state index >= 15 is 0 Å². The van der Waals surface area contributed by atoms with Crippen molar-refractivity contribution >= 4 is 11.6 Å². The number of likely N-dealkylation sites (tertiary alicyclic amines) is 1. The predicted molar refractivity (Wildman–Crippen MR) is 77.2 cm³/mol. The molecule has 2 heterocycles. The molecule has 1 aromatic rings. The quantitative estimate of drug-likeness (QED) is 0.641. The number of benzene rings is 1. The Bertz CT molecular complexity index is 551. The summed E-state index contributed by atoms with van der Waals surface area (Å²) in [5, 5.41) is 14.1. The molecule has 3 rings (SSSR count). The number of nitro groups is 1. The van der Waals surface area contributed by atoms with Gasteiger partial charge in [0.1, 0.15) is 0 Å². The average molecular weight is 290 g/mol. The summed E-state index contributed by atoms with van der Waals surface area (Å²) in [5.41, 5.74) is 0.350. The molecular formula is C14H18N4O3. The van der Waals surface area contributed by atoms with E-state index in [0.29, 0.717) is 24.7 Å². The van der Waals surface area contributed by atoms with Gasteiger partial charge in [-0.1, -0.05) is 6.07 Å². The van der Waals surface area contributed by atoms with Gasteiger partial charge in [0.15, 0.2) is 0 Å². The van der Waals surface area contributed by atoms with E-state index in [1.807, 2.05) is 0 Å². The first-order chi connectivity index (χ1) is 10.1. The molecule has 0 spiro atoms. The molecule has 0 aliphatic carbocycles. The van der Waals surface area contributed by atoms with E-state index in [-0.39, 0.29) is 11.6 Å². The summed E-state index contributed by atoms with van der Waals surface area (Å²) in [4.78, 5) is 26.7. The highest BCUT2D eigenvalue weighted by atomic mass is 16.6. The number of non-ortho nitro benzene ring substituents is 1. The lowest BCUT2D eigenvalue weighted by Crippen LogP contribution is -2.63. The van der Waals surface area contributed by atoms with Crippen LogP contribution in [0, 0.1) is 10.1 Å². The lowest BCUT2D eigenvalue weighted by Gasteiger charge is -2.46. The zero-order valence-corrected chi connectivity index (χ0v) is 11.7. The first-order valence-electron chi connectivity index (χ1n) is 7.13. The highest BCUT2D eigenvalue weighted by Crippen LogP contribution is 2.20. The van der Waals surface area contributed by atoms with Crippen LogP contribution in [-0.2, 0) is 0 Å².